The standard InChI is InChI=1S/3C39H24F3N/c40-39(41,42)34-18-8-5-17-33(34)38-31-15-3-1-13-29(31)37(30-14-2-4-16-32(30)38)25-21-23-26(24-22-25)43-35-19-9-6-11-27(35)28-12-7-10-20-36(28)43;40-39(41,42)27-11-9-10-26(24-27)38-33-16-3-1-14-31(33)37(32-15-2-4-17-34(32)38)25-20-22-28(23-21-25)43-35-18-7-5-12-29(35)30-13-6-8-19-36(30)43;40-39(41,42)27-21-17-25(18-22-27)37-31-11-1-3-13-33(31)38(34-14-4-2-12-32(34)37)26-19-23-28(24-20-26)43-35-15-7-5-9-29(35)30-10-6-8-16-36(30)43/h3*1-24H. The Morgan fingerprint density at radius 3 is 0.605 bits per heavy atom. The van der Waals surface area contributed by atoms with Crippen LogP contribution >= 0.6 is 0 Å². The summed E-state index contributed by atoms with van der Waals surface area (Å²) in [6, 6.07) is 141. The molecule has 0 saturated carbocycles. The summed E-state index contributed by atoms with van der Waals surface area (Å²) >= 11 is 0. The number of halogens is 9. The summed E-state index contributed by atoms with van der Waals surface area (Å²) in [6.07, 6.45) is -13.3. The van der Waals surface area contributed by atoms with E-state index in [2.05, 4.69) is 268 Å². The van der Waals surface area contributed by atoms with Crippen LogP contribution in [0.4, 0.5) is 39.5 Å². The lowest BCUT2D eigenvalue weighted by Gasteiger charge is -2.20. The minimum atomic E-state index is -4.47. The smallest absolute Gasteiger partial charge is 0.309 e. The Morgan fingerprint density at radius 1 is 0.147 bits per heavy atom. The van der Waals surface area contributed by atoms with Crippen LogP contribution in [0.15, 0.2) is 437 Å². The van der Waals surface area contributed by atoms with Crippen molar-refractivity contribution in [2.45, 2.75) is 18.5 Å². The van der Waals surface area contributed by atoms with Crippen LogP contribution in [0.2, 0.25) is 0 Å². The Labute approximate surface area is 734 Å². The largest absolute Gasteiger partial charge is 0.417 e. The fourth-order valence-corrected chi connectivity index (χ4v) is 19.8. The van der Waals surface area contributed by atoms with Gasteiger partial charge in [-0.2, -0.15) is 39.5 Å². The topological polar surface area (TPSA) is 14.8 Å². The van der Waals surface area contributed by atoms with E-state index in [9.17, 15) is 39.5 Å². The van der Waals surface area contributed by atoms with E-state index in [1.807, 2.05) is 109 Å². The number of fused-ring (bicyclic) bond motifs is 15. The van der Waals surface area contributed by atoms with E-state index in [4.69, 9.17) is 0 Å². The monoisotopic (exact) mass is 1690 g/mol. The fraction of sp³-hybridized carbons (Fsp3) is 0.0256. The van der Waals surface area contributed by atoms with Crippen molar-refractivity contribution < 1.29 is 39.5 Å². The molecule has 12 heteroatoms. The summed E-state index contributed by atoms with van der Waals surface area (Å²) in [5.41, 5.74) is 18.3. The Morgan fingerprint density at radius 2 is 0.357 bits per heavy atom. The zero-order chi connectivity index (χ0) is 87.4. The first-order valence-electron chi connectivity index (χ1n) is 42.6. The van der Waals surface area contributed by atoms with Crippen molar-refractivity contribution in [3.63, 3.8) is 0 Å². The molecule has 0 spiro atoms. The van der Waals surface area contributed by atoms with E-state index >= 15 is 0 Å². The van der Waals surface area contributed by atoms with Crippen LogP contribution in [0.3, 0.4) is 0 Å². The number of para-hydroxylation sites is 6. The lowest BCUT2D eigenvalue weighted by Crippen LogP contribution is -2.07. The normalized spacial score (nSPS) is 12.1. The molecule has 3 nitrogen and oxygen atoms in total. The number of aromatic nitrogens is 3. The third-order valence-electron chi connectivity index (χ3n) is 25.3. The summed E-state index contributed by atoms with van der Waals surface area (Å²) in [5, 5.41) is 18.6. The van der Waals surface area contributed by atoms with Crippen LogP contribution in [0, 0.1) is 0 Å². The first kappa shape index (κ1) is 78.9. The highest BCUT2D eigenvalue weighted by Crippen LogP contribution is 2.51. The zero-order valence-corrected chi connectivity index (χ0v) is 68.8. The fourth-order valence-electron chi connectivity index (χ4n) is 19.8. The predicted molar refractivity (Wildman–Crippen MR) is 515 cm³/mol. The van der Waals surface area contributed by atoms with Crippen molar-refractivity contribution in [1.82, 2.24) is 13.7 Å². The second-order valence-electron chi connectivity index (χ2n) is 32.5. The number of benzene rings is 21. The molecule has 0 aliphatic rings. The molecule has 21 aromatic carbocycles. The first-order chi connectivity index (χ1) is 63.0. The van der Waals surface area contributed by atoms with E-state index in [1.165, 1.54) is 68.7 Å². The highest BCUT2D eigenvalue weighted by atomic mass is 19.4. The van der Waals surface area contributed by atoms with Crippen LogP contribution in [0.5, 0.6) is 0 Å². The number of hydrogen-bond donors (Lipinski definition) is 0. The quantitative estimate of drug-likeness (QED) is 0.101. The molecule has 618 valence electrons. The van der Waals surface area contributed by atoms with Gasteiger partial charge in [0.25, 0.3) is 0 Å². The maximum atomic E-state index is 14.2. The third-order valence-corrected chi connectivity index (χ3v) is 25.3. The molecule has 0 atom stereocenters. The Hall–Kier alpha value is -16.1. The van der Waals surface area contributed by atoms with Gasteiger partial charge in [0, 0.05) is 49.4 Å². The van der Waals surface area contributed by atoms with Gasteiger partial charge in [0.2, 0.25) is 0 Å². The lowest BCUT2D eigenvalue weighted by molar-refractivity contribution is -0.138. The number of alkyl halides is 9. The molecule has 129 heavy (non-hydrogen) atoms. The Bertz CT molecular complexity index is 8220. The molecule has 0 unspecified atom stereocenters. The summed E-state index contributed by atoms with van der Waals surface area (Å²) in [7, 11) is 0. The van der Waals surface area contributed by atoms with Crippen molar-refractivity contribution in [2.75, 3.05) is 0 Å². The minimum Gasteiger partial charge on any atom is -0.309 e. The van der Waals surface area contributed by atoms with Gasteiger partial charge in [0.05, 0.1) is 49.8 Å². The van der Waals surface area contributed by atoms with Crippen molar-refractivity contribution in [2.24, 2.45) is 0 Å². The summed E-state index contributed by atoms with van der Waals surface area (Å²) in [6.45, 7) is 0. The van der Waals surface area contributed by atoms with Gasteiger partial charge >= 0.3 is 18.5 Å². The van der Waals surface area contributed by atoms with Gasteiger partial charge in [0.1, 0.15) is 0 Å². The van der Waals surface area contributed by atoms with Crippen LogP contribution in [-0.4, -0.2) is 13.7 Å². The van der Waals surface area contributed by atoms with E-state index in [0.29, 0.717) is 11.1 Å². The van der Waals surface area contributed by atoms with Crippen LogP contribution < -0.4 is 0 Å². The zero-order valence-electron chi connectivity index (χ0n) is 68.8. The molecule has 0 saturated heterocycles. The van der Waals surface area contributed by atoms with E-state index < -0.39 is 35.2 Å². The molecule has 3 heterocycles. The molecule has 0 fully saturated rings. The third kappa shape index (κ3) is 13.6. The van der Waals surface area contributed by atoms with Gasteiger partial charge in [-0.1, -0.05) is 334 Å². The second-order valence-corrected chi connectivity index (χ2v) is 32.5. The maximum Gasteiger partial charge on any atom is 0.417 e. The van der Waals surface area contributed by atoms with Gasteiger partial charge in [0.15, 0.2) is 0 Å². The van der Waals surface area contributed by atoms with Crippen molar-refractivity contribution in [3.8, 4) is 83.8 Å². The van der Waals surface area contributed by atoms with Gasteiger partial charge < -0.3 is 13.7 Å². The minimum absolute atomic E-state index is 0.190. The van der Waals surface area contributed by atoms with E-state index in [-0.39, 0.29) is 5.56 Å². The van der Waals surface area contributed by atoms with E-state index in [0.717, 1.165) is 171 Å². The predicted octanol–water partition coefficient (Wildman–Crippen LogP) is 34.3. The summed E-state index contributed by atoms with van der Waals surface area (Å²) < 4.78 is 131. The van der Waals surface area contributed by atoms with Crippen molar-refractivity contribution in [1.29, 1.82) is 0 Å². The number of rotatable bonds is 9. The number of hydrogen-bond acceptors (Lipinski definition) is 0. The van der Waals surface area contributed by atoms with Crippen molar-refractivity contribution >= 4 is 130 Å². The SMILES string of the molecule is FC(F)(F)c1ccc(-c2c3ccccc3c(-c3ccc(-n4c5ccccc5c5ccccc54)cc3)c3ccccc23)cc1.FC(F)(F)c1cccc(-c2c3ccccc3c(-c3ccc(-n4c5ccccc5c5ccccc54)cc3)c3ccccc23)c1.FC(F)(F)c1ccccc1-c1c2ccccc2c(-c2ccc(-n3c4ccccc4c4ccccc43)cc2)c2ccccc12. The molecule has 0 N–H and O–H groups in total. The molecule has 24 aromatic rings. The number of nitrogens with zero attached hydrogens (tertiary/aromatic N) is 3. The van der Waals surface area contributed by atoms with Crippen LogP contribution in [0.1, 0.15) is 16.7 Å². The highest BCUT2D eigenvalue weighted by molar-refractivity contribution is 6.25. The molecule has 3 aromatic heterocycles. The van der Waals surface area contributed by atoms with Crippen molar-refractivity contribution in [3.05, 3.63) is 453 Å². The maximum absolute atomic E-state index is 14.2. The molecular weight excluding hydrogens is 1620 g/mol. The molecular formula is C117H72F9N3. The highest BCUT2D eigenvalue weighted by Gasteiger charge is 2.36. The Balaban J connectivity index is 0.000000114. The first-order valence-corrected chi connectivity index (χ1v) is 42.6. The Kier molecular flexibility index (Phi) is 19.3. The molecule has 0 amide bonds. The van der Waals surface area contributed by atoms with Crippen LogP contribution in [-0.2, 0) is 18.5 Å². The molecule has 24 rings (SSSR count). The summed E-state index contributed by atoms with van der Waals surface area (Å²) in [5.74, 6) is 0. The lowest BCUT2D eigenvalue weighted by atomic mass is 9.84. The molecule has 0 aliphatic heterocycles. The van der Waals surface area contributed by atoms with Gasteiger partial charge in [-0.3, -0.25) is 0 Å². The van der Waals surface area contributed by atoms with Crippen LogP contribution in [0.25, 0.3) is 214 Å². The average Bonchev–Trinajstić information content (AvgIpc) is 1.55. The molecule has 0 aliphatic carbocycles. The van der Waals surface area contributed by atoms with Gasteiger partial charge in [-0.25, -0.2) is 0 Å². The second kappa shape index (κ2) is 31.6. The average molecular weight is 1690 g/mol. The summed E-state index contributed by atoms with van der Waals surface area (Å²) in [4.78, 5) is 0. The molecule has 0 radical (unpaired) electrons. The molecule has 0 bridgehead atoms. The van der Waals surface area contributed by atoms with Gasteiger partial charge in [-0.15, -0.1) is 0 Å². The van der Waals surface area contributed by atoms with Gasteiger partial charge in [-0.05, 0) is 235 Å². The van der Waals surface area contributed by atoms with E-state index in [1.54, 1.807) is 30.3 Å².